The molecule has 1 aromatic heterocycles. The molecule has 1 aliphatic rings. The third kappa shape index (κ3) is 7.19. The largest absolute Gasteiger partial charge is 0.490 e. The first-order valence-corrected chi connectivity index (χ1v) is 15.3. The average molecular weight is 567 g/mol. The Balaban J connectivity index is 1.61. The quantitative estimate of drug-likeness (QED) is 0.276. The van der Waals surface area contributed by atoms with Crippen LogP contribution in [0, 0.1) is 5.92 Å². The van der Waals surface area contributed by atoms with Crippen LogP contribution in [0.25, 0.3) is 22.0 Å². The first-order chi connectivity index (χ1) is 19.5. The van der Waals surface area contributed by atoms with Gasteiger partial charge in [-0.2, -0.15) is 0 Å². The van der Waals surface area contributed by atoms with Gasteiger partial charge in [-0.3, -0.25) is 9.59 Å². The first kappa shape index (κ1) is 30.0. The lowest BCUT2D eigenvalue weighted by atomic mass is 9.83. The van der Waals surface area contributed by atoms with Crippen molar-refractivity contribution in [1.82, 2.24) is 20.5 Å². The molecule has 9 heteroatoms. The second-order valence-electron chi connectivity index (χ2n) is 10.5. The van der Waals surface area contributed by atoms with Crippen molar-refractivity contribution in [2.75, 3.05) is 26.8 Å². The topological polar surface area (TPSA) is 104 Å². The van der Waals surface area contributed by atoms with Gasteiger partial charge in [-0.25, -0.2) is 4.98 Å². The molecule has 2 amide bonds. The smallest absolute Gasteiger partial charge is 0.245 e. The highest BCUT2D eigenvalue weighted by Gasteiger charge is 2.34. The van der Waals surface area contributed by atoms with E-state index in [2.05, 4.69) is 23.6 Å². The molecule has 0 saturated heterocycles. The maximum atomic E-state index is 14.0. The Morgan fingerprint density at radius 3 is 2.67 bits per heavy atom. The summed E-state index contributed by atoms with van der Waals surface area (Å²) >= 11 is 1.52. The van der Waals surface area contributed by atoms with Crippen molar-refractivity contribution in [1.29, 1.82) is 0 Å². The van der Waals surface area contributed by atoms with Gasteiger partial charge in [-0.1, -0.05) is 56.5 Å². The fraction of sp³-hybridized carbons (Fsp3) is 0.516. The van der Waals surface area contributed by atoms with Crippen LogP contribution in [-0.4, -0.2) is 65.7 Å². The minimum Gasteiger partial charge on any atom is -0.490 e. The van der Waals surface area contributed by atoms with E-state index in [1.807, 2.05) is 47.5 Å². The molecular formula is C31H42N4O4S. The molecule has 216 valence electrons. The molecule has 1 aliphatic carbocycles. The number of carbonyl (C=O) groups excluding carboxylic acids is 2. The Bertz CT molecular complexity index is 1270. The maximum absolute atomic E-state index is 14.0. The van der Waals surface area contributed by atoms with E-state index < -0.39 is 6.04 Å². The maximum Gasteiger partial charge on any atom is 0.245 e. The summed E-state index contributed by atoms with van der Waals surface area (Å²) in [5, 5.41) is 20.4. The van der Waals surface area contributed by atoms with Crippen molar-refractivity contribution >= 4 is 33.9 Å². The minimum absolute atomic E-state index is 0.0284. The zero-order valence-electron chi connectivity index (χ0n) is 23.8. The predicted octanol–water partition coefficient (Wildman–Crippen LogP) is 4.75. The third-order valence-electron chi connectivity index (χ3n) is 7.69. The number of fused-ring (bicyclic) bond motifs is 1. The number of aliphatic hydroxyl groups excluding tert-OH is 1. The van der Waals surface area contributed by atoms with E-state index in [0.717, 1.165) is 59.1 Å². The molecule has 4 rings (SSSR count). The Morgan fingerprint density at radius 1 is 1.18 bits per heavy atom. The normalized spacial score (nSPS) is 15.5. The lowest BCUT2D eigenvalue weighted by Gasteiger charge is -2.34. The molecule has 1 saturated carbocycles. The number of nitrogens with zero attached hydrogens (tertiary/aromatic N) is 2. The first-order valence-electron chi connectivity index (χ1n) is 14.4. The van der Waals surface area contributed by atoms with Gasteiger partial charge in [0.2, 0.25) is 11.8 Å². The van der Waals surface area contributed by atoms with Gasteiger partial charge in [0.25, 0.3) is 0 Å². The van der Waals surface area contributed by atoms with Gasteiger partial charge < -0.3 is 25.4 Å². The summed E-state index contributed by atoms with van der Waals surface area (Å²) in [4.78, 5) is 33.7. The number of likely N-dealkylation sites (N-methyl/N-ethyl adjacent to an activating group) is 1. The highest BCUT2D eigenvalue weighted by molar-refractivity contribution is 7.10. The lowest BCUT2D eigenvalue weighted by Crippen LogP contribution is -2.55. The number of hydrogen-bond acceptors (Lipinski definition) is 7. The number of rotatable bonds is 13. The molecule has 0 radical (unpaired) electrons. The molecule has 3 N–H and O–H groups in total. The van der Waals surface area contributed by atoms with Crippen LogP contribution >= 0.6 is 11.3 Å². The van der Waals surface area contributed by atoms with E-state index in [9.17, 15) is 14.7 Å². The van der Waals surface area contributed by atoms with Crippen LogP contribution < -0.4 is 15.4 Å². The Morgan fingerprint density at radius 2 is 1.95 bits per heavy atom. The highest BCUT2D eigenvalue weighted by atomic mass is 32.1. The van der Waals surface area contributed by atoms with E-state index in [-0.39, 0.29) is 37.0 Å². The highest BCUT2D eigenvalue weighted by Crippen LogP contribution is 2.38. The van der Waals surface area contributed by atoms with Crippen LogP contribution in [0.4, 0.5) is 0 Å². The Kier molecular flexibility index (Phi) is 10.9. The van der Waals surface area contributed by atoms with E-state index >= 15 is 0 Å². The van der Waals surface area contributed by atoms with E-state index in [0.29, 0.717) is 18.8 Å². The SMILES string of the molecule is CCCN(Cc1nc(-c2c(OCCO)ccc3ccccc23)cs1)C(=O)C(NC(=O)[C@H](C)NC)C1CCCCC1. The van der Waals surface area contributed by atoms with E-state index in [1.165, 1.54) is 17.8 Å². The second-order valence-corrected chi connectivity index (χ2v) is 11.5. The predicted molar refractivity (Wildman–Crippen MR) is 160 cm³/mol. The molecule has 40 heavy (non-hydrogen) atoms. The molecule has 0 spiro atoms. The fourth-order valence-electron chi connectivity index (χ4n) is 5.45. The fourth-order valence-corrected chi connectivity index (χ4v) is 6.24. The van der Waals surface area contributed by atoms with Crippen molar-refractivity contribution in [3.63, 3.8) is 0 Å². The number of amides is 2. The van der Waals surface area contributed by atoms with Gasteiger partial charge in [0, 0.05) is 11.9 Å². The number of aromatic nitrogens is 1. The second kappa shape index (κ2) is 14.6. The van der Waals surface area contributed by atoms with Crippen LogP contribution in [0.3, 0.4) is 0 Å². The summed E-state index contributed by atoms with van der Waals surface area (Å²) in [5.74, 6) is 0.636. The van der Waals surface area contributed by atoms with Crippen LogP contribution in [0.1, 0.15) is 57.4 Å². The number of ether oxygens (including phenoxy) is 1. The molecule has 1 unspecified atom stereocenters. The molecule has 8 nitrogen and oxygen atoms in total. The number of carbonyl (C=O) groups is 2. The summed E-state index contributed by atoms with van der Waals surface area (Å²) < 4.78 is 5.88. The van der Waals surface area contributed by atoms with Crippen LogP contribution in [0.15, 0.2) is 41.8 Å². The Hall–Kier alpha value is -3.01. The molecule has 1 fully saturated rings. The minimum atomic E-state index is -0.536. The van der Waals surface area contributed by atoms with Crippen molar-refractivity contribution in [2.24, 2.45) is 5.92 Å². The molecule has 2 atom stereocenters. The van der Waals surface area contributed by atoms with Crippen molar-refractivity contribution in [3.8, 4) is 17.0 Å². The van der Waals surface area contributed by atoms with Crippen LogP contribution in [-0.2, 0) is 16.1 Å². The van der Waals surface area contributed by atoms with Gasteiger partial charge in [0.05, 0.1) is 30.5 Å². The third-order valence-corrected chi connectivity index (χ3v) is 8.52. The lowest BCUT2D eigenvalue weighted by molar-refractivity contribution is -0.139. The number of hydrogen-bond donors (Lipinski definition) is 3. The van der Waals surface area contributed by atoms with Gasteiger partial charge in [0.15, 0.2) is 0 Å². The van der Waals surface area contributed by atoms with Gasteiger partial charge >= 0.3 is 0 Å². The molecule has 3 aromatic rings. The molecule has 0 bridgehead atoms. The van der Waals surface area contributed by atoms with Crippen molar-refractivity contribution < 1.29 is 19.4 Å². The zero-order valence-corrected chi connectivity index (χ0v) is 24.6. The van der Waals surface area contributed by atoms with Crippen LogP contribution in [0.2, 0.25) is 0 Å². The summed E-state index contributed by atoms with van der Waals surface area (Å²) in [6.45, 7) is 4.97. The molecule has 1 heterocycles. The summed E-state index contributed by atoms with van der Waals surface area (Å²) in [6, 6.07) is 11.1. The summed E-state index contributed by atoms with van der Waals surface area (Å²) in [5.41, 5.74) is 1.67. The van der Waals surface area contributed by atoms with Crippen molar-refractivity contribution in [3.05, 3.63) is 46.8 Å². The standard InChI is InChI=1S/C31H42N4O4S/c1-4-16-35(31(38)29(23-11-6-5-7-12-23)34-30(37)21(2)32-3)19-27-33-25(20-40-27)28-24-13-9-8-10-22(24)14-15-26(28)39-18-17-36/h8-10,13-15,20-21,23,29,32,36H,4-7,11-12,16-19H2,1-3H3,(H,34,37)/t21-,29?/m0/s1. The van der Waals surface area contributed by atoms with Gasteiger partial charge in [-0.05, 0) is 56.0 Å². The Labute approximate surface area is 241 Å². The number of aliphatic hydroxyl groups is 1. The molecule has 2 aromatic carbocycles. The number of benzene rings is 2. The van der Waals surface area contributed by atoms with E-state index in [1.54, 1.807) is 7.05 Å². The number of thiazole rings is 1. The summed E-state index contributed by atoms with van der Waals surface area (Å²) in [7, 11) is 1.75. The van der Waals surface area contributed by atoms with Crippen molar-refractivity contribution in [2.45, 2.75) is 71.0 Å². The number of nitrogens with one attached hydrogen (secondary N) is 2. The molecular weight excluding hydrogens is 524 g/mol. The zero-order chi connectivity index (χ0) is 28.5. The van der Waals surface area contributed by atoms with E-state index in [4.69, 9.17) is 9.72 Å². The monoisotopic (exact) mass is 566 g/mol. The molecule has 0 aliphatic heterocycles. The van der Waals surface area contributed by atoms with Gasteiger partial charge in [0.1, 0.15) is 23.4 Å². The average Bonchev–Trinajstić information content (AvgIpc) is 3.45. The van der Waals surface area contributed by atoms with Crippen LogP contribution in [0.5, 0.6) is 5.75 Å². The summed E-state index contributed by atoms with van der Waals surface area (Å²) in [6.07, 6.45) is 6.05. The van der Waals surface area contributed by atoms with Gasteiger partial charge in [-0.15, -0.1) is 11.3 Å².